The number of fused-ring (bicyclic) bond motifs is 1. The number of aromatic nitrogens is 1. The summed E-state index contributed by atoms with van der Waals surface area (Å²) in [5.41, 5.74) is 0.680. The van der Waals surface area contributed by atoms with Crippen LogP contribution < -0.4 is 10.1 Å². The molecule has 4 rings (SSSR count). The fourth-order valence-corrected chi connectivity index (χ4v) is 6.29. The molecule has 2 heterocycles. The molecule has 0 unspecified atom stereocenters. The summed E-state index contributed by atoms with van der Waals surface area (Å²) in [6, 6.07) is 13.9. The second kappa shape index (κ2) is 12.2. The molecule has 1 aromatic heterocycles. The average molecular weight is 571 g/mol. The van der Waals surface area contributed by atoms with Crippen LogP contribution in [-0.2, 0) is 14.8 Å². The van der Waals surface area contributed by atoms with Crippen molar-refractivity contribution < 1.29 is 32.0 Å². The molecule has 3 atom stereocenters. The van der Waals surface area contributed by atoms with E-state index in [-0.39, 0.29) is 53.4 Å². The summed E-state index contributed by atoms with van der Waals surface area (Å²) in [4.78, 5) is 27.9. The molecule has 0 spiro atoms. The Bertz CT molecular complexity index is 1460. The highest BCUT2D eigenvalue weighted by molar-refractivity contribution is 7.89. The predicted molar refractivity (Wildman–Crippen MR) is 148 cm³/mol. The van der Waals surface area contributed by atoms with E-state index in [0.717, 1.165) is 0 Å². The van der Waals surface area contributed by atoms with E-state index in [9.17, 15) is 18.0 Å². The molecule has 3 aromatic rings. The summed E-state index contributed by atoms with van der Waals surface area (Å²) in [7, 11) is -0.672. The van der Waals surface area contributed by atoms with Crippen LogP contribution in [0.4, 0.5) is 5.69 Å². The van der Waals surface area contributed by atoms with Crippen LogP contribution in [0.5, 0.6) is 5.75 Å². The third-order valence-electron chi connectivity index (χ3n) is 6.86. The molecule has 0 bridgehead atoms. The van der Waals surface area contributed by atoms with Crippen molar-refractivity contribution in [2.75, 3.05) is 39.2 Å². The normalized spacial score (nSPS) is 21.1. The first-order chi connectivity index (χ1) is 19.0. The van der Waals surface area contributed by atoms with Crippen molar-refractivity contribution in [3.05, 3.63) is 71.6 Å². The van der Waals surface area contributed by atoms with Gasteiger partial charge in [-0.3, -0.25) is 9.59 Å². The van der Waals surface area contributed by atoms with Gasteiger partial charge in [0, 0.05) is 39.0 Å². The number of ether oxygens (including phenoxy) is 2. The van der Waals surface area contributed by atoms with E-state index >= 15 is 0 Å². The predicted octanol–water partition coefficient (Wildman–Crippen LogP) is 3.43. The van der Waals surface area contributed by atoms with E-state index in [0.29, 0.717) is 11.4 Å². The van der Waals surface area contributed by atoms with Crippen LogP contribution in [0.15, 0.2) is 64.0 Å². The number of sulfonamides is 1. The van der Waals surface area contributed by atoms with Crippen molar-refractivity contribution >= 4 is 27.5 Å². The Morgan fingerprint density at radius 2 is 1.82 bits per heavy atom. The molecule has 2 aromatic carbocycles. The molecule has 0 saturated heterocycles. The molecular formula is C28H34N4O7S. The maximum absolute atomic E-state index is 13.7. The Morgan fingerprint density at radius 3 is 2.48 bits per heavy atom. The first-order valence-electron chi connectivity index (χ1n) is 12.9. The minimum atomic E-state index is -3.85. The maximum Gasteiger partial charge on any atom is 0.277 e. The van der Waals surface area contributed by atoms with Crippen LogP contribution in [-0.4, -0.2) is 80.6 Å². The molecule has 40 heavy (non-hydrogen) atoms. The SMILES string of the molecule is CO[C@@H]1CN(C)C(=O)c2cc(NC(=O)c3cc(C)on3)ccc2OC[C@@H](C)N(S(=O)(=O)c2ccccc2)C[C@H]1C. The van der Waals surface area contributed by atoms with E-state index < -0.39 is 28.1 Å². The van der Waals surface area contributed by atoms with Crippen molar-refractivity contribution in [1.29, 1.82) is 0 Å². The van der Waals surface area contributed by atoms with Crippen LogP contribution in [0.3, 0.4) is 0 Å². The molecule has 11 nitrogen and oxygen atoms in total. The topological polar surface area (TPSA) is 131 Å². The fraction of sp³-hybridized carbons (Fsp3) is 0.393. The van der Waals surface area contributed by atoms with Crippen molar-refractivity contribution in [3.63, 3.8) is 0 Å². The van der Waals surface area contributed by atoms with Crippen LogP contribution in [0.2, 0.25) is 0 Å². The lowest BCUT2D eigenvalue weighted by Crippen LogP contribution is -2.48. The van der Waals surface area contributed by atoms with Crippen LogP contribution in [0.1, 0.15) is 40.5 Å². The third-order valence-corrected chi connectivity index (χ3v) is 8.85. The number of carbonyl (C=O) groups is 2. The Morgan fingerprint density at radius 1 is 1.10 bits per heavy atom. The molecule has 1 aliphatic heterocycles. The highest BCUT2D eigenvalue weighted by atomic mass is 32.2. The molecule has 0 saturated carbocycles. The molecule has 1 N–H and O–H groups in total. The molecule has 12 heteroatoms. The number of carbonyl (C=O) groups excluding carboxylic acids is 2. The Balaban J connectivity index is 1.69. The number of hydrogen-bond acceptors (Lipinski definition) is 8. The van der Waals surface area contributed by atoms with Crippen molar-refractivity contribution in [3.8, 4) is 5.75 Å². The number of aryl methyl sites for hydroxylation is 1. The lowest BCUT2D eigenvalue weighted by atomic mass is 10.0. The number of amides is 2. The standard InChI is InChI=1S/C28H34N4O7S/c1-18-15-32(40(35,36)22-9-7-6-8-10-22)19(2)17-38-25-12-11-21(29-27(33)24-13-20(3)39-30-24)14-23(25)28(34)31(4)16-26(18)37-5/h6-14,18-19,26H,15-17H2,1-5H3,(H,29,33)/t18-,19-,26-/m1/s1. The number of methoxy groups -OCH3 is 1. The fourth-order valence-electron chi connectivity index (χ4n) is 4.55. The molecule has 0 aliphatic carbocycles. The van der Waals surface area contributed by atoms with Gasteiger partial charge in [-0.15, -0.1) is 0 Å². The van der Waals surface area contributed by atoms with Crippen molar-refractivity contribution in [2.45, 2.75) is 37.8 Å². The van der Waals surface area contributed by atoms with Crippen LogP contribution in [0.25, 0.3) is 0 Å². The van der Waals surface area contributed by atoms with Gasteiger partial charge in [-0.2, -0.15) is 4.31 Å². The lowest BCUT2D eigenvalue weighted by Gasteiger charge is -2.35. The van der Waals surface area contributed by atoms with Crippen LogP contribution in [0, 0.1) is 12.8 Å². The molecule has 2 amide bonds. The van der Waals surface area contributed by atoms with Crippen molar-refractivity contribution in [2.24, 2.45) is 5.92 Å². The Kier molecular flexibility index (Phi) is 8.92. The number of anilines is 1. The molecule has 0 fully saturated rings. The van der Waals surface area contributed by atoms with E-state index in [1.807, 2.05) is 6.92 Å². The summed E-state index contributed by atoms with van der Waals surface area (Å²) in [6.45, 7) is 5.71. The van der Waals surface area contributed by atoms with Crippen molar-refractivity contribution in [1.82, 2.24) is 14.4 Å². The summed E-state index contributed by atoms with van der Waals surface area (Å²) in [6.07, 6.45) is -0.447. The second-order valence-electron chi connectivity index (χ2n) is 9.97. The van der Waals surface area contributed by atoms with Gasteiger partial charge in [0.25, 0.3) is 11.8 Å². The number of nitrogens with one attached hydrogen (secondary N) is 1. The average Bonchev–Trinajstić information content (AvgIpc) is 3.39. The van der Waals surface area contributed by atoms with Gasteiger partial charge in [0.2, 0.25) is 10.0 Å². The maximum atomic E-state index is 13.7. The minimum Gasteiger partial charge on any atom is -0.491 e. The van der Waals surface area contributed by atoms with Crippen LogP contribution >= 0.6 is 0 Å². The van der Waals surface area contributed by atoms with Gasteiger partial charge in [0.15, 0.2) is 5.69 Å². The second-order valence-corrected chi connectivity index (χ2v) is 11.9. The monoisotopic (exact) mass is 570 g/mol. The number of rotatable bonds is 5. The largest absolute Gasteiger partial charge is 0.491 e. The Labute approximate surface area is 234 Å². The summed E-state index contributed by atoms with van der Waals surface area (Å²) in [5, 5.41) is 6.45. The lowest BCUT2D eigenvalue weighted by molar-refractivity contribution is 0.0212. The highest BCUT2D eigenvalue weighted by Gasteiger charge is 2.34. The Hall–Kier alpha value is -3.74. The number of likely N-dealkylation sites (N-methyl/N-ethyl adjacent to an activating group) is 1. The minimum absolute atomic E-state index is 0.00957. The highest BCUT2D eigenvalue weighted by Crippen LogP contribution is 2.28. The molecule has 0 radical (unpaired) electrons. The number of hydrogen-bond donors (Lipinski definition) is 1. The van der Waals surface area contributed by atoms with Gasteiger partial charge < -0.3 is 24.2 Å². The zero-order valence-corrected chi connectivity index (χ0v) is 24.0. The third kappa shape index (κ3) is 6.35. The first kappa shape index (κ1) is 29.2. The van der Waals surface area contributed by atoms with Gasteiger partial charge in [0.05, 0.1) is 22.6 Å². The number of benzene rings is 2. The summed E-state index contributed by atoms with van der Waals surface area (Å²) in [5.74, 6) is -0.322. The van der Waals surface area contributed by atoms with Gasteiger partial charge in [0.1, 0.15) is 18.1 Å². The van der Waals surface area contributed by atoms with Gasteiger partial charge >= 0.3 is 0 Å². The first-order valence-corrected chi connectivity index (χ1v) is 14.3. The molecule has 1 aliphatic rings. The van der Waals surface area contributed by atoms with Gasteiger partial charge in [-0.25, -0.2) is 8.42 Å². The summed E-state index contributed by atoms with van der Waals surface area (Å²) >= 11 is 0. The molecular weight excluding hydrogens is 536 g/mol. The van der Waals surface area contributed by atoms with E-state index in [1.54, 1.807) is 70.5 Å². The number of nitrogens with zero attached hydrogens (tertiary/aromatic N) is 3. The zero-order valence-electron chi connectivity index (χ0n) is 23.2. The van der Waals surface area contributed by atoms with Gasteiger partial charge in [-0.05, 0) is 50.1 Å². The van der Waals surface area contributed by atoms with Gasteiger partial charge in [-0.1, -0.05) is 30.3 Å². The zero-order chi connectivity index (χ0) is 29.0. The smallest absolute Gasteiger partial charge is 0.277 e. The summed E-state index contributed by atoms with van der Waals surface area (Å²) < 4.78 is 45.6. The quantitative estimate of drug-likeness (QED) is 0.494. The van der Waals surface area contributed by atoms with E-state index in [4.69, 9.17) is 14.0 Å². The molecule has 214 valence electrons. The van der Waals surface area contributed by atoms with E-state index in [2.05, 4.69) is 10.5 Å². The van der Waals surface area contributed by atoms with E-state index in [1.165, 1.54) is 21.3 Å².